The number of nitrogens with zero attached hydrogens (tertiary/aromatic N) is 1. The predicted molar refractivity (Wildman–Crippen MR) is 101 cm³/mol. The van der Waals surface area contributed by atoms with Crippen molar-refractivity contribution >= 4 is 0 Å². The first kappa shape index (κ1) is 25.8. The molecule has 0 heterocycles. The van der Waals surface area contributed by atoms with Crippen LogP contribution >= 0.6 is 0 Å². The molecular formula is C21H42NNb-3. The van der Waals surface area contributed by atoms with Crippen molar-refractivity contribution in [2.75, 3.05) is 0 Å². The minimum Gasteiger partial charge on any atom is -0.358 e. The summed E-state index contributed by atoms with van der Waals surface area (Å²) in [4.78, 5) is 0. The SMILES string of the molecule is CC(C)[N]=[Nb].CC1[CH-]C(C)C(C)C(C)C1C.[CH-]1CCCCC1.[CH3-]. The van der Waals surface area contributed by atoms with Crippen LogP contribution in [-0.2, 0) is 20.9 Å². The summed E-state index contributed by atoms with van der Waals surface area (Å²) < 4.78 is 3.94. The van der Waals surface area contributed by atoms with Crippen molar-refractivity contribution in [1.82, 2.24) is 0 Å². The Hall–Kier alpha value is 0.540. The molecule has 0 radical (unpaired) electrons. The van der Waals surface area contributed by atoms with E-state index in [1.807, 2.05) is 0 Å². The second-order valence-electron chi connectivity index (χ2n) is 7.62. The molecule has 0 aromatic carbocycles. The minimum absolute atomic E-state index is 0. The molecule has 2 fully saturated rings. The average Bonchev–Trinajstić information content (AvgIpc) is 2.54. The zero-order chi connectivity index (χ0) is 17.1. The third-order valence-corrected chi connectivity index (χ3v) is 6.61. The van der Waals surface area contributed by atoms with E-state index >= 15 is 0 Å². The first-order valence-electron chi connectivity index (χ1n) is 9.32. The van der Waals surface area contributed by atoms with Crippen molar-refractivity contribution in [3.63, 3.8) is 0 Å². The monoisotopic (exact) mass is 401 g/mol. The molecule has 1 nitrogen and oxygen atoms in total. The van der Waals surface area contributed by atoms with E-state index in [4.69, 9.17) is 0 Å². The van der Waals surface area contributed by atoms with E-state index in [-0.39, 0.29) is 7.43 Å². The van der Waals surface area contributed by atoms with Crippen LogP contribution in [0, 0.1) is 49.9 Å². The minimum atomic E-state index is 0. The summed E-state index contributed by atoms with van der Waals surface area (Å²) in [7, 11) is 0. The first-order valence-corrected chi connectivity index (χ1v) is 10.3. The molecule has 0 spiro atoms. The molecule has 23 heavy (non-hydrogen) atoms. The van der Waals surface area contributed by atoms with Gasteiger partial charge in [-0.2, -0.15) is 24.7 Å². The van der Waals surface area contributed by atoms with E-state index in [1.54, 1.807) is 0 Å². The van der Waals surface area contributed by atoms with Gasteiger partial charge in [-0.1, -0.05) is 65.7 Å². The van der Waals surface area contributed by atoms with Crippen LogP contribution in [0.5, 0.6) is 0 Å². The van der Waals surface area contributed by atoms with Gasteiger partial charge in [0.05, 0.1) is 0 Å². The second kappa shape index (κ2) is 14.8. The third kappa shape index (κ3) is 11.7. The zero-order valence-electron chi connectivity index (χ0n) is 17.0. The fourth-order valence-electron chi connectivity index (χ4n) is 3.16. The quantitative estimate of drug-likeness (QED) is 0.328. The summed E-state index contributed by atoms with van der Waals surface area (Å²) in [6, 6.07) is 0.531. The normalized spacial score (nSPS) is 33.3. The van der Waals surface area contributed by atoms with Crippen molar-refractivity contribution in [2.45, 2.75) is 86.6 Å². The summed E-state index contributed by atoms with van der Waals surface area (Å²) in [5.74, 6) is 4.28. The Morgan fingerprint density at radius 2 is 1.22 bits per heavy atom. The standard InChI is InChI=1S/C11H21.C6H11.C3H7N.CH3.Nb/c1-7-6-8(2)10(4)11(5)9(7)3;1-2-4-6-5-3-1;1-3(2)4;;/h6-11H,1-5H3;1H,2-6H2;3H,1-2H3;1H3;/q2*-1;;-1;. The fraction of sp³-hybridized carbons (Fsp3) is 0.857. The van der Waals surface area contributed by atoms with Gasteiger partial charge in [0, 0.05) is 0 Å². The fourth-order valence-corrected chi connectivity index (χ4v) is 3.16. The van der Waals surface area contributed by atoms with Gasteiger partial charge < -0.3 is 20.3 Å². The number of hydrogen-bond acceptors (Lipinski definition) is 1. The molecule has 2 aliphatic carbocycles. The molecule has 0 aromatic heterocycles. The van der Waals surface area contributed by atoms with Crippen LogP contribution < -0.4 is 0 Å². The van der Waals surface area contributed by atoms with Crippen molar-refractivity contribution in [2.24, 2.45) is 32.9 Å². The van der Waals surface area contributed by atoms with Crippen LogP contribution in [0.25, 0.3) is 0 Å². The molecule has 2 rings (SSSR count). The molecular weight excluding hydrogens is 359 g/mol. The third-order valence-electron chi connectivity index (χ3n) is 5.47. The van der Waals surface area contributed by atoms with E-state index in [9.17, 15) is 0 Å². The van der Waals surface area contributed by atoms with Gasteiger partial charge in [0.15, 0.2) is 0 Å². The molecule has 0 aliphatic heterocycles. The Morgan fingerprint density at radius 3 is 1.43 bits per heavy atom. The summed E-state index contributed by atoms with van der Waals surface area (Å²) in [5, 5.41) is 0. The number of hydrogen-bond donors (Lipinski definition) is 0. The molecule has 2 heteroatoms. The average molecular weight is 401 g/mol. The van der Waals surface area contributed by atoms with Gasteiger partial charge >= 0.3 is 44.1 Å². The van der Waals surface area contributed by atoms with Crippen molar-refractivity contribution in [1.29, 1.82) is 0 Å². The van der Waals surface area contributed by atoms with Crippen LogP contribution in [0.2, 0.25) is 0 Å². The molecule has 4 atom stereocenters. The summed E-state index contributed by atoms with van der Waals surface area (Å²) >= 11 is 1.53. The Labute approximate surface area is 160 Å². The predicted octanol–water partition coefficient (Wildman–Crippen LogP) is 7.12. The Bertz CT molecular complexity index is 248. The van der Waals surface area contributed by atoms with E-state index in [1.165, 1.54) is 53.0 Å². The molecule has 0 saturated heterocycles. The molecule has 0 amide bonds. The van der Waals surface area contributed by atoms with Crippen LogP contribution in [0.4, 0.5) is 0 Å². The van der Waals surface area contributed by atoms with E-state index < -0.39 is 0 Å². The van der Waals surface area contributed by atoms with Crippen LogP contribution in [0.1, 0.15) is 80.6 Å². The largest absolute Gasteiger partial charge is 0.358 e. The van der Waals surface area contributed by atoms with Crippen LogP contribution in [0.3, 0.4) is 0 Å². The van der Waals surface area contributed by atoms with E-state index in [0.29, 0.717) is 6.04 Å². The van der Waals surface area contributed by atoms with Gasteiger partial charge in [-0.25, -0.2) is 0 Å². The van der Waals surface area contributed by atoms with Gasteiger partial charge in [0.25, 0.3) is 0 Å². The smallest absolute Gasteiger partial charge is 0.0435 e. The maximum Gasteiger partial charge on any atom is -0.0435 e. The second-order valence-corrected chi connectivity index (χ2v) is 8.19. The Kier molecular flexibility index (Phi) is 16.6. The summed E-state index contributed by atoms with van der Waals surface area (Å²) in [6.07, 6.45) is 12.0. The first-order chi connectivity index (χ1) is 10.3. The van der Waals surface area contributed by atoms with Crippen LogP contribution in [0.15, 0.2) is 3.34 Å². The van der Waals surface area contributed by atoms with Crippen molar-refractivity contribution in [3.8, 4) is 0 Å². The molecule has 2 saturated carbocycles. The molecule has 0 aromatic rings. The zero-order valence-corrected chi connectivity index (χ0v) is 19.2. The molecule has 0 bridgehead atoms. The van der Waals surface area contributed by atoms with Gasteiger partial charge in [-0.3, -0.25) is 0 Å². The van der Waals surface area contributed by atoms with E-state index in [0.717, 1.165) is 29.6 Å². The number of rotatable bonds is 1. The Balaban J connectivity index is 0. The van der Waals surface area contributed by atoms with Crippen LogP contribution in [-0.4, -0.2) is 6.04 Å². The van der Waals surface area contributed by atoms with Crippen molar-refractivity contribution in [3.05, 3.63) is 20.3 Å². The summed E-state index contributed by atoms with van der Waals surface area (Å²) in [6.45, 7) is 16.0. The molecule has 2 aliphatic rings. The van der Waals surface area contributed by atoms with E-state index in [2.05, 4.69) is 64.6 Å². The maximum absolute atomic E-state index is 3.94. The van der Waals surface area contributed by atoms with Crippen molar-refractivity contribution < 1.29 is 20.9 Å². The molecule has 4 unspecified atom stereocenters. The van der Waals surface area contributed by atoms with Gasteiger partial charge in [-0.05, 0) is 5.92 Å². The van der Waals surface area contributed by atoms with Gasteiger partial charge in [0.2, 0.25) is 0 Å². The molecule has 139 valence electrons. The molecule has 0 N–H and O–H groups in total. The topological polar surface area (TPSA) is 12.4 Å². The Morgan fingerprint density at radius 1 is 0.826 bits per heavy atom. The van der Waals surface area contributed by atoms with Gasteiger partial charge in [0.1, 0.15) is 0 Å². The maximum atomic E-state index is 3.94. The summed E-state index contributed by atoms with van der Waals surface area (Å²) in [5.41, 5.74) is 0. The van der Waals surface area contributed by atoms with Gasteiger partial charge in [-0.15, -0.1) is 0 Å².